The van der Waals surface area contributed by atoms with Crippen LogP contribution in [0.15, 0.2) is 30.3 Å². The lowest BCUT2D eigenvalue weighted by Crippen LogP contribution is -2.35. The van der Waals surface area contributed by atoms with Crippen molar-refractivity contribution in [1.82, 2.24) is 0 Å². The molecule has 2 aromatic carbocycles. The van der Waals surface area contributed by atoms with Crippen molar-refractivity contribution in [3.63, 3.8) is 0 Å². The first-order valence-electron chi connectivity index (χ1n) is 8.52. The molecule has 2 N–H and O–H groups in total. The molecular weight excluding hydrogens is 340 g/mol. The van der Waals surface area contributed by atoms with Crippen LogP contribution >= 0.6 is 11.6 Å². The summed E-state index contributed by atoms with van der Waals surface area (Å²) in [5.41, 5.74) is 4.39. The molecule has 0 bridgehead atoms. The minimum atomic E-state index is -0.0726. The molecular formula is C20H21ClO4. The zero-order chi connectivity index (χ0) is 17.6. The molecule has 0 aromatic heterocycles. The first-order chi connectivity index (χ1) is 12.1. The summed E-state index contributed by atoms with van der Waals surface area (Å²) in [6, 6.07) is 10.0. The van der Waals surface area contributed by atoms with Crippen LogP contribution in [-0.2, 0) is 6.42 Å². The Morgan fingerprint density at radius 2 is 1.88 bits per heavy atom. The van der Waals surface area contributed by atoms with Crippen LogP contribution in [0.5, 0.6) is 11.5 Å². The average molecular weight is 361 g/mol. The summed E-state index contributed by atoms with van der Waals surface area (Å²) >= 11 is 6.40. The standard InChI is InChI=1S/C20H21ClO4/c1-11-4-13-5-14(8-22)16(9-23)20(15(13)7-17(11)21)12-2-3-18-19(6-12)25-10-24-18/h2-4,6-7,14,16,20,22-23H,5,8-10H2,1H3/t14-,16-,20?/m1/s1. The third kappa shape index (κ3) is 2.78. The number of hydrogen-bond donors (Lipinski definition) is 2. The summed E-state index contributed by atoms with van der Waals surface area (Å²) in [7, 11) is 0. The topological polar surface area (TPSA) is 58.9 Å². The number of benzene rings is 2. The molecule has 2 aliphatic rings. The predicted octanol–water partition coefficient (Wildman–Crippen LogP) is 3.28. The normalized spacial score (nSPS) is 24.2. The highest BCUT2D eigenvalue weighted by Gasteiger charge is 2.38. The van der Waals surface area contributed by atoms with Gasteiger partial charge in [0.15, 0.2) is 11.5 Å². The summed E-state index contributed by atoms with van der Waals surface area (Å²) in [6.45, 7) is 2.28. The van der Waals surface area contributed by atoms with Gasteiger partial charge < -0.3 is 19.7 Å². The molecule has 1 heterocycles. The Bertz CT molecular complexity index is 805. The van der Waals surface area contributed by atoms with Gasteiger partial charge in [-0.15, -0.1) is 0 Å². The van der Waals surface area contributed by atoms with E-state index in [0.717, 1.165) is 39.6 Å². The van der Waals surface area contributed by atoms with E-state index in [-0.39, 0.29) is 37.8 Å². The summed E-state index contributed by atoms with van der Waals surface area (Å²) in [5.74, 6) is 1.35. The molecule has 4 rings (SSSR count). The molecule has 2 aromatic rings. The fraction of sp³-hybridized carbons (Fsp3) is 0.400. The van der Waals surface area contributed by atoms with Gasteiger partial charge in [-0.05, 0) is 65.6 Å². The number of fused-ring (bicyclic) bond motifs is 2. The first kappa shape index (κ1) is 16.7. The Hall–Kier alpha value is -1.75. The monoisotopic (exact) mass is 360 g/mol. The Balaban J connectivity index is 1.87. The van der Waals surface area contributed by atoms with Gasteiger partial charge in [-0.2, -0.15) is 0 Å². The molecule has 1 aliphatic carbocycles. The van der Waals surface area contributed by atoms with Crippen LogP contribution in [0, 0.1) is 18.8 Å². The van der Waals surface area contributed by atoms with Crippen molar-refractivity contribution < 1.29 is 19.7 Å². The van der Waals surface area contributed by atoms with Gasteiger partial charge in [0.1, 0.15) is 0 Å². The number of aliphatic hydroxyl groups is 2. The van der Waals surface area contributed by atoms with E-state index in [1.54, 1.807) is 0 Å². The second-order valence-electron chi connectivity index (χ2n) is 6.88. The second-order valence-corrected chi connectivity index (χ2v) is 7.29. The predicted molar refractivity (Wildman–Crippen MR) is 95.5 cm³/mol. The molecule has 0 spiro atoms. The van der Waals surface area contributed by atoms with Crippen LogP contribution in [0.4, 0.5) is 0 Å². The van der Waals surface area contributed by atoms with Gasteiger partial charge in [-0.1, -0.05) is 23.7 Å². The molecule has 3 atom stereocenters. The smallest absolute Gasteiger partial charge is 0.231 e. The summed E-state index contributed by atoms with van der Waals surface area (Å²) < 4.78 is 10.9. The third-order valence-electron chi connectivity index (χ3n) is 5.47. The van der Waals surface area contributed by atoms with E-state index in [9.17, 15) is 10.2 Å². The van der Waals surface area contributed by atoms with Crippen LogP contribution in [0.1, 0.15) is 28.2 Å². The number of ether oxygens (including phenoxy) is 2. The van der Waals surface area contributed by atoms with E-state index in [0.29, 0.717) is 0 Å². The molecule has 4 nitrogen and oxygen atoms in total. The Morgan fingerprint density at radius 3 is 2.64 bits per heavy atom. The zero-order valence-corrected chi connectivity index (χ0v) is 14.8. The van der Waals surface area contributed by atoms with Crippen LogP contribution in [0.25, 0.3) is 0 Å². The van der Waals surface area contributed by atoms with E-state index in [2.05, 4.69) is 6.07 Å². The molecule has 0 saturated heterocycles. The fourth-order valence-corrected chi connectivity index (χ4v) is 4.32. The Kier molecular flexibility index (Phi) is 4.36. The molecule has 132 valence electrons. The zero-order valence-electron chi connectivity index (χ0n) is 14.0. The van der Waals surface area contributed by atoms with Crippen LogP contribution in [0.3, 0.4) is 0 Å². The molecule has 0 radical (unpaired) electrons. The Labute approximate surface area is 152 Å². The Morgan fingerprint density at radius 1 is 1.08 bits per heavy atom. The maximum atomic E-state index is 10.1. The van der Waals surface area contributed by atoms with Gasteiger partial charge in [0.25, 0.3) is 0 Å². The highest BCUT2D eigenvalue weighted by molar-refractivity contribution is 6.31. The quantitative estimate of drug-likeness (QED) is 0.881. The number of aliphatic hydroxyl groups excluding tert-OH is 2. The van der Waals surface area contributed by atoms with Crippen molar-refractivity contribution in [2.75, 3.05) is 20.0 Å². The van der Waals surface area contributed by atoms with E-state index >= 15 is 0 Å². The van der Waals surface area contributed by atoms with Gasteiger partial charge in [0, 0.05) is 24.2 Å². The molecule has 5 heteroatoms. The van der Waals surface area contributed by atoms with Gasteiger partial charge >= 0.3 is 0 Å². The lowest BCUT2D eigenvalue weighted by atomic mass is 9.67. The lowest BCUT2D eigenvalue weighted by Gasteiger charge is -2.39. The van der Waals surface area contributed by atoms with E-state index in [1.807, 2.05) is 31.2 Å². The minimum Gasteiger partial charge on any atom is -0.454 e. The minimum absolute atomic E-state index is 0.00787. The maximum Gasteiger partial charge on any atom is 0.231 e. The average Bonchev–Trinajstić information content (AvgIpc) is 3.09. The van der Waals surface area contributed by atoms with Crippen molar-refractivity contribution >= 4 is 11.6 Å². The van der Waals surface area contributed by atoms with Crippen molar-refractivity contribution in [2.45, 2.75) is 19.3 Å². The summed E-state index contributed by atoms with van der Waals surface area (Å²) in [6.07, 6.45) is 0.746. The largest absolute Gasteiger partial charge is 0.454 e. The molecule has 0 amide bonds. The molecule has 1 aliphatic heterocycles. The van der Waals surface area contributed by atoms with E-state index < -0.39 is 0 Å². The maximum absolute atomic E-state index is 10.1. The third-order valence-corrected chi connectivity index (χ3v) is 5.88. The number of rotatable bonds is 3. The van der Waals surface area contributed by atoms with Crippen LogP contribution < -0.4 is 9.47 Å². The number of hydrogen-bond acceptors (Lipinski definition) is 4. The van der Waals surface area contributed by atoms with Crippen LogP contribution in [-0.4, -0.2) is 30.2 Å². The first-order valence-corrected chi connectivity index (χ1v) is 8.90. The molecule has 0 saturated carbocycles. The van der Waals surface area contributed by atoms with Crippen molar-refractivity contribution in [3.05, 3.63) is 57.6 Å². The van der Waals surface area contributed by atoms with Crippen molar-refractivity contribution in [2.24, 2.45) is 11.8 Å². The fourth-order valence-electron chi connectivity index (χ4n) is 4.15. The number of aryl methyl sites for hydroxylation is 1. The summed E-state index contributed by atoms with van der Waals surface area (Å²) in [5, 5.41) is 20.7. The van der Waals surface area contributed by atoms with Gasteiger partial charge in [0.2, 0.25) is 6.79 Å². The second kappa shape index (κ2) is 6.52. The highest BCUT2D eigenvalue weighted by atomic mass is 35.5. The van der Waals surface area contributed by atoms with Crippen molar-refractivity contribution in [3.8, 4) is 11.5 Å². The number of halogens is 1. The van der Waals surface area contributed by atoms with E-state index in [1.165, 1.54) is 5.56 Å². The van der Waals surface area contributed by atoms with Gasteiger partial charge in [-0.3, -0.25) is 0 Å². The molecule has 1 unspecified atom stereocenters. The molecule has 25 heavy (non-hydrogen) atoms. The van der Waals surface area contributed by atoms with Gasteiger partial charge in [0.05, 0.1) is 0 Å². The van der Waals surface area contributed by atoms with Gasteiger partial charge in [-0.25, -0.2) is 0 Å². The lowest BCUT2D eigenvalue weighted by molar-refractivity contribution is 0.101. The van der Waals surface area contributed by atoms with Crippen LogP contribution in [0.2, 0.25) is 5.02 Å². The van der Waals surface area contributed by atoms with E-state index in [4.69, 9.17) is 21.1 Å². The highest BCUT2D eigenvalue weighted by Crippen LogP contribution is 2.47. The van der Waals surface area contributed by atoms with Crippen molar-refractivity contribution in [1.29, 1.82) is 0 Å². The summed E-state index contributed by atoms with van der Waals surface area (Å²) in [4.78, 5) is 0. The molecule has 0 fully saturated rings. The SMILES string of the molecule is Cc1cc2c(cc1Cl)C(c1ccc3c(c1)OCO3)[C@H](CO)[C@@H](CO)C2.